The van der Waals surface area contributed by atoms with E-state index in [-0.39, 0.29) is 27.8 Å². The zero-order valence-electron chi connectivity index (χ0n) is 9.86. The van der Waals surface area contributed by atoms with Crippen molar-refractivity contribution in [1.29, 1.82) is 0 Å². The van der Waals surface area contributed by atoms with Gasteiger partial charge in [-0.25, -0.2) is 0 Å². The monoisotopic (exact) mass is 459 g/mol. The predicted octanol–water partition coefficient (Wildman–Crippen LogP) is 5.74. The van der Waals surface area contributed by atoms with E-state index >= 15 is 0 Å². The molecule has 8 heteroatoms. The van der Waals surface area contributed by atoms with Gasteiger partial charge in [-0.1, -0.05) is 34.8 Å². The van der Waals surface area contributed by atoms with Crippen LogP contribution in [0.4, 0.5) is 0 Å². The van der Waals surface area contributed by atoms with Gasteiger partial charge >= 0.3 is 0 Å². The number of benzene rings is 1. The maximum absolute atomic E-state index is 12.6. The first-order valence-electron chi connectivity index (χ1n) is 5.17. The Morgan fingerprint density at radius 1 is 1.25 bits per heavy atom. The smallest absolute Gasteiger partial charge is 0.214 e. The molecule has 0 unspecified atom stereocenters. The van der Waals surface area contributed by atoms with Crippen molar-refractivity contribution in [1.82, 2.24) is 4.98 Å². The lowest BCUT2D eigenvalue weighted by atomic mass is 10.1. The molecule has 106 valence electrons. The average Bonchev–Trinajstić information content (AvgIpc) is 2.65. The van der Waals surface area contributed by atoms with E-state index in [1.807, 2.05) is 0 Å². The van der Waals surface area contributed by atoms with Gasteiger partial charge in [-0.05, 0) is 44.0 Å². The zero-order chi connectivity index (χ0) is 15.0. The summed E-state index contributed by atoms with van der Waals surface area (Å²) in [6, 6.07) is 3.00. The number of methoxy groups -OCH3 is 1. The Morgan fingerprint density at radius 3 is 2.40 bits per heavy atom. The van der Waals surface area contributed by atoms with Crippen molar-refractivity contribution in [2.24, 2.45) is 0 Å². The number of ether oxygens (including phenoxy) is 1. The van der Waals surface area contributed by atoms with E-state index in [1.54, 1.807) is 0 Å². The summed E-state index contributed by atoms with van der Waals surface area (Å²) in [5.41, 5.74) is 0.523. The minimum atomic E-state index is -0.342. The summed E-state index contributed by atoms with van der Waals surface area (Å²) in [7, 11) is 1.43. The van der Waals surface area contributed by atoms with Crippen molar-refractivity contribution in [2.45, 2.75) is 0 Å². The van der Waals surface area contributed by atoms with Crippen LogP contribution in [0.15, 0.2) is 21.2 Å². The van der Waals surface area contributed by atoms with Crippen LogP contribution in [0.5, 0.6) is 5.75 Å². The number of nitrogens with one attached hydrogen (secondary N) is 1. The molecule has 1 N–H and O–H groups in total. The van der Waals surface area contributed by atoms with Crippen LogP contribution in [0.3, 0.4) is 0 Å². The van der Waals surface area contributed by atoms with Gasteiger partial charge in [0.15, 0.2) is 0 Å². The van der Waals surface area contributed by atoms with Crippen LogP contribution < -0.4 is 4.74 Å². The summed E-state index contributed by atoms with van der Waals surface area (Å²) in [6.45, 7) is 0. The first kappa shape index (κ1) is 16.2. The fraction of sp³-hybridized carbons (Fsp3) is 0.0833. The van der Waals surface area contributed by atoms with E-state index in [0.29, 0.717) is 19.1 Å². The van der Waals surface area contributed by atoms with Crippen LogP contribution in [0.2, 0.25) is 15.1 Å². The van der Waals surface area contributed by atoms with Crippen molar-refractivity contribution in [3.63, 3.8) is 0 Å². The molecule has 0 fully saturated rings. The molecule has 0 spiro atoms. The molecule has 1 heterocycles. The number of ketones is 1. The summed E-state index contributed by atoms with van der Waals surface area (Å²) >= 11 is 24.4. The van der Waals surface area contributed by atoms with Crippen LogP contribution in [0.25, 0.3) is 0 Å². The van der Waals surface area contributed by atoms with Gasteiger partial charge in [0.1, 0.15) is 16.0 Å². The maximum atomic E-state index is 12.6. The fourth-order valence-corrected chi connectivity index (χ4v) is 3.51. The molecule has 0 aliphatic rings. The summed E-state index contributed by atoms with van der Waals surface area (Å²) in [6.07, 6.45) is 0. The Hall–Kier alpha value is -0.200. The normalized spacial score (nSPS) is 10.7. The second-order valence-corrected chi connectivity index (χ2v) is 6.55. The third-order valence-electron chi connectivity index (χ3n) is 2.52. The van der Waals surface area contributed by atoms with Crippen molar-refractivity contribution >= 4 is 72.4 Å². The van der Waals surface area contributed by atoms with Gasteiger partial charge in [0.05, 0.1) is 27.2 Å². The van der Waals surface area contributed by atoms with E-state index in [2.05, 4.69) is 36.8 Å². The molecule has 0 aliphatic carbocycles. The molecule has 0 amide bonds. The largest absolute Gasteiger partial charge is 0.494 e. The van der Waals surface area contributed by atoms with E-state index in [1.165, 1.54) is 19.2 Å². The lowest BCUT2D eigenvalue weighted by Crippen LogP contribution is -2.05. The Bertz CT molecular complexity index is 700. The highest BCUT2D eigenvalue weighted by Crippen LogP contribution is 2.38. The van der Waals surface area contributed by atoms with Gasteiger partial charge in [-0.15, -0.1) is 0 Å². The summed E-state index contributed by atoms with van der Waals surface area (Å²) in [4.78, 5) is 15.4. The third kappa shape index (κ3) is 2.88. The third-order valence-corrected chi connectivity index (χ3v) is 5.25. The first-order valence-corrected chi connectivity index (χ1v) is 7.89. The van der Waals surface area contributed by atoms with Gasteiger partial charge in [0.2, 0.25) is 5.78 Å². The Morgan fingerprint density at radius 2 is 1.90 bits per heavy atom. The zero-order valence-corrected chi connectivity index (χ0v) is 15.3. The summed E-state index contributed by atoms with van der Waals surface area (Å²) < 4.78 is 6.12. The van der Waals surface area contributed by atoms with Gasteiger partial charge in [0.25, 0.3) is 0 Å². The number of carbonyl (C=O) groups is 1. The van der Waals surface area contributed by atoms with Crippen LogP contribution in [0.1, 0.15) is 16.1 Å². The van der Waals surface area contributed by atoms with Crippen LogP contribution >= 0.6 is 66.7 Å². The molecule has 2 rings (SSSR count). The predicted molar refractivity (Wildman–Crippen MR) is 87.6 cm³/mol. The van der Waals surface area contributed by atoms with Gasteiger partial charge < -0.3 is 9.72 Å². The second kappa shape index (κ2) is 6.28. The molecule has 20 heavy (non-hydrogen) atoms. The van der Waals surface area contributed by atoms with Crippen LogP contribution in [-0.2, 0) is 0 Å². The minimum Gasteiger partial charge on any atom is -0.494 e. The molecule has 0 saturated carbocycles. The Kier molecular flexibility index (Phi) is 5.08. The van der Waals surface area contributed by atoms with E-state index in [9.17, 15) is 4.79 Å². The molecular formula is C12H6Br2Cl3NO2. The molecule has 1 aromatic carbocycles. The molecule has 2 aromatic rings. The Balaban J connectivity index is 2.61. The van der Waals surface area contributed by atoms with E-state index < -0.39 is 0 Å². The molecule has 1 aromatic heterocycles. The number of carbonyl (C=O) groups excluding carboxylic acids is 1. The number of aromatic amines is 1. The van der Waals surface area contributed by atoms with Gasteiger partial charge in [0, 0.05) is 5.02 Å². The number of aromatic nitrogens is 1. The van der Waals surface area contributed by atoms with Gasteiger partial charge in [-0.2, -0.15) is 0 Å². The molecule has 3 nitrogen and oxygen atoms in total. The van der Waals surface area contributed by atoms with Crippen molar-refractivity contribution < 1.29 is 9.53 Å². The number of halogens is 5. The van der Waals surface area contributed by atoms with Crippen molar-refractivity contribution in [3.8, 4) is 5.75 Å². The SMILES string of the molecule is COc1c(Cl)cc(Cl)cc1C(=O)c1[nH]c(Br)c(Cl)c1Br. The maximum Gasteiger partial charge on any atom is 0.214 e. The molecule has 0 atom stereocenters. The molecule has 0 bridgehead atoms. The quantitative estimate of drug-likeness (QED) is 0.592. The minimum absolute atomic E-state index is 0.246. The number of rotatable bonds is 3. The van der Waals surface area contributed by atoms with E-state index in [4.69, 9.17) is 39.5 Å². The van der Waals surface area contributed by atoms with Crippen LogP contribution in [-0.4, -0.2) is 17.9 Å². The number of H-pyrrole nitrogens is 1. The highest BCUT2D eigenvalue weighted by Gasteiger charge is 2.24. The lowest BCUT2D eigenvalue weighted by molar-refractivity contribution is 0.103. The second-order valence-electron chi connectivity index (χ2n) is 3.74. The Labute approximate surface area is 146 Å². The molecule has 0 aliphatic heterocycles. The molecular weight excluding hydrogens is 456 g/mol. The highest BCUT2D eigenvalue weighted by molar-refractivity contribution is 9.11. The number of hydrogen-bond donors (Lipinski definition) is 1. The van der Waals surface area contributed by atoms with Crippen molar-refractivity contribution in [3.05, 3.63) is 47.5 Å². The molecule has 0 saturated heterocycles. The van der Waals surface area contributed by atoms with Crippen LogP contribution in [0, 0.1) is 0 Å². The van der Waals surface area contributed by atoms with Crippen molar-refractivity contribution in [2.75, 3.05) is 7.11 Å². The number of hydrogen-bond acceptors (Lipinski definition) is 2. The molecule has 0 radical (unpaired) electrons. The fourth-order valence-electron chi connectivity index (χ4n) is 1.65. The summed E-state index contributed by atoms with van der Waals surface area (Å²) in [5, 5.41) is 0.976. The average molecular weight is 462 g/mol. The highest BCUT2D eigenvalue weighted by atomic mass is 79.9. The lowest BCUT2D eigenvalue weighted by Gasteiger charge is -2.09. The topological polar surface area (TPSA) is 42.1 Å². The first-order chi connectivity index (χ1) is 9.36. The van der Waals surface area contributed by atoms with E-state index in [0.717, 1.165) is 0 Å². The summed E-state index contributed by atoms with van der Waals surface area (Å²) in [5.74, 6) is -0.0828. The van der Waals surface area contributed by atoms with Gasteiger partial charge in [-0.3, -0.25) is 4.79 Å². The standard InChI is InChI=1S/C12H6Br2Cl3NO2/c1-20-11-5(2-4(15)3-6(11)16)10(19)9-7(13)8(17)12(14)18-9/h2-3,18H,1H3.